The molecule has 2 aromatic carbocycles. The maximum Gasteiger partial charge on any atom is 0.240 e. The van der Waals surface area contributed by atoms with E-state index in [4.69, 9.17) is 4.74 Å². The molecule has 1 aliphatic carbocycles. The fourth-order valence-electron chi connectivity index (χ4n) is 3.85. The van der Waals surface area contributed by atoms with E-state index < -0.39 is 17.1 Å². The first-order chi connectivity index (χ1) is 17.4. The maximum absolute atomic E-state index is 14.8. The summed E-state index contributed by atoms with van der Waals surface area (Å²) in [5.41, 5.74) is 1.52. The molecule has 0 saturated heterocycles. The summed E-state index contributed by atoms with van der Waals surface area (Å²) >= 11 is 0. The van der Waals surface area contributed by atoms with Crippen molar-refractivity contribution in [2.75, 3.05) is 5.32 Å². The van der Waals surface area contributed by atoms with Crippen LogP contribution in [0.5, 0.6) is 11.5 Å². The molecule has 0 atom stereocenters. The zero-order valence-corrected chi connectivity index (χ0v) is 19.6. The molecule has 0 bridgehead atoms. The number of hydrogen-bond donors (Lipinski definition) is 2. The second-order valence-corrected chi connectivity index (χ2v) is 8.73. The Balaban J connectivity index is 1.22. The Kier molecular flexibility index (Phi) is 6.20. The molecule has 5 rings (SSSR count). The fourth-order valence-corrected chi connectivity index (χ4v) is 3.85. The second kappa shape index (κ2) is 9.61. The number of rotatable bonds is 8. The highest BCUT2D eigenvalue weighted by atomic mass is 19.1. The number of anilines is 1. The summed E-state index contributed by atoms with van der Waals surface area (Å²) in [6.07, 6.45) is 5.97. The first-order valence-corrected chi connectivity index (χ1v) is 11.5. The Hall–Kier alpha value is -4.53. The Morgan fingerprint density at radius 2 is 1.89 bits per heavy atom. The molecule has 1 fully saturated rings. The number of pyridine rings is 1. The van der Waals surface area contributed by atoms with Crippen LogP contribution in [-0.4, -0.2) is 26.6 Å². The minimum atomic E-state index is -1.12. The van der Waals surface area contributed by atoms with Crippen molar-refractivity contribution < 1.29 is 18.7 Å². The van der Waals surface area contributed by atoms with E-state index in [1.165, 1.54) is 18.2 Å². The minimum Gasteiger partial charge on any atom is -0.454 e. The predicted molar refractivity (Wildman–Crippen MR) is 131 cm³/mol. The number of hydrogen-bond acceptors (Lipinski definition) is 5. The number of carbonyl (C=O) groups is 2. The van der Waals surface area contributed by atoms with Gasteiger partial charge in [0.2, 0.25) is 11.8 Å². The van der Waals surface area contributed by atoms with E-state index in [2.05, 4.69) is 20.7 Å². The summed E-state index contributed by atoms with van der Waals surface area (Å²) in [5, 5.41) is 9.63. The number of aryl methyl sites for hydroxylation is 1. The lowest BCUT2D eigenvalue weighted by Crippen LogP contribution is -2.39. The molecule has 4 aromatic rings. The monoisotopic (exact) mass is 485 g/mol. The van der Waals surface area contributed by atoms with Gasteiger partial charge in [-0.2, -0.15) is 5.10 Å². The topological polar surface area (TPSA) is 98.1 Å². The Morgan fingerprint density at radius 3 is 2.58 bits per heavy atom. The average molecular weight is 486 g/mol. The molecule has 182 valence electrons. The number of aromatic nitrogens is 3. The molecule has 0 radical (unpaired) electrons. The fraction of sp³-hybridized carbons (Fsp3) is 0.185. The molecule has 9 heteroatoms. The van der Waals surface area contributed by atoms with Crippen molar-refractivity contribution in [2.24, 2.45) is 12.5 Å². The van der Waals surface area contributed by atoms with Gasteiger partial charge in [-0.3, -0.25) is 19.3 Å². The highest BCUT2D eigenvalue weighted by Crippen LogP contribution is 2.47. The quantitative estimate of drug-likeness (QED) is 0.360. The number of halogens is 1. The van der Waals surface area contributed by atoms with Crippen LogP contribution < -0.4 is 15.4 Å². The molecule has 36 heavy (non-hydrogen) atoms. The second-order valence-electron chi connectivity index (χ2n) is 8.73. The van der Waals surface area contributed by atoms with Gasteiger partial charge in [0.25, 0.3) is 0 Å². The standard InChI is InChI=1S/C27H24FN5O3/c1-33-17-19(16-31-33)23-14-21(9-12-29-23)36-24-8-7-20(13-22(24)28)32-26(35)27(10-11-27)25(34)30-15-18-5-3-2-4-6-18/h2-9,12-14,16-17H,10-11,15H2,1H3,(H,30,34)(H,32,35). The van der Waals surface area contributed by atoms with Crippen LogP contribution in [0.15, 0.2) is 79.3 Å². The van der Waals surface area contributed by atoms with Crippen molar-refractivity contribution in [3.8, 4) is 22.8 Å². The molecule has 2 amide bonds. The molecule has 2 heterocycles. The largest absolute Gasteiger partial charge is 0.454 e. The summed E-state index contributed by atoms with van der Waals surface area (Å²) in [7, 11) is 1.81. The highest BCUT2D eigenvalue weighted by Gasteiger charge is 2.56. The third kappa shape index (κ3) is 4.95. The summed E-state index contributed by atoms with van der Waals surface area (Å²) < 4.78 is 22.2. The molecule has 0 spiro atoms. The normalized spacial score (nSPS) is 13.6. The van der Waals surface area contributed by atoms with Crippen LogP contribution >= 0.6 is 0 Å². The summed E-state index contributed by atoms with van der Waals surface area (Å²) in [5.74, 6) is -1.02. The van der Waals surface area contributed by atoms with E-state index in [0.717, 1.165) is 11.1 Å². The number of carbonyl (C=O) groups excluding carboxylic acids is 2. The Labute approximate surface area is 207 Å². The smallest absolute Gasteiger partial charge is 0.240 e. The van der Waals surface area contributed by atoms with Crippen LogP contribution in [0, 0.1) is 11.2 Å². The van der Waals surface area contributed by atoms with Crippen LogP contribution in [0.4, 0.5) is 10.1 Å². The van der Waals surface area contributed by atoms with E-state index in [-0.39, 0.29) is 17.3 Å². The zero-order chi connectivity index (χ0) is 25.1. The summed E-state index contributed by atoms with van der Waals surface area (Å²) in [6, 6.07) is 16.9. The van der Waals surface area contributed by atoms with Crippen molar-refractivity contribution in [2.45, 2.75) is 19.4 Å². The molecular formula is C27H24FN5O3. The van der Waals surface area contributed by atoms with Crippen molar-refractivity contribution >= 4 is 17.5 Å². The highest BCUT2D eigenvalue weighted by molar-refractivity contribution is 6.13. The van der Waals surface area contributed by atoms with Gasteiger partial charge in [0.05, 0.1) is 11.9 Å². The number of amides is 2. The molecule has 2 N–H and O–H groups in total. The Bertz CT molecular complexity index is 1420. The summed E-state index contributed by atoms with van der Waals surface area (Å²) in [6.45, 7) is 0.340. The van der Waals surface area contributed by atoms with Gasteiger partial charge in [-0.1, -0.05) is 30.3 Å². The van der Waals surface area contributed by atoms with Gasteiger partial charge < -0.3 is 15.4 Å². The van der Waals surface area contributed by atoms with Gasteiger partial charge in [-0.05, 0) is 36.6 Å². The van der Waals surface area contributed by atoms with Gasteiger partial charge in [-0.25, -0.2) is 4.39 Å². The van der Waals surface area contributed by atoms with Crippen molar-refractivity contribution in [1.29, 1.82) is 0 Å². The third-order valence-corrected chi connectivity index (χ3v) is 6.06. The van der Waals surface area contributed by atoms with Crippen LogP contribution in [0.25, 0.3) is 11.3 Å². The zero-order valence-electron chi connectivity index (χ0n) is 19.6. The van der Waals surface area contributed by atoms with E-state index in [0.29, 0.717) is 30.8 Å². The van der Waals surface area contributed by atoms with Crippen LogP contribution in [0.1, 0.15) is 18.4 Å². The molecule has 8 nitrogen and oxygen atoms in total. The molecule has 0 unspecified atom stereocenters. The van der Waals surface area contributed by atoms with Gasteiger partial charge >= 0.3 is 0 Å². The lowest BCUT2D eigenvalue weighted by atomic mass is 10.0. The lowest BCUT2D eigenvalue weighted by molar-refractivity contribution is -0.134. The maximum atomic E-state index is 14.8. The van der Waals surface area contributed by atoms with Crippen molar-refractivity contribution in [1.82, 2.24) is 20.1 Å². The third-order valence-electron chi connectivity index (χ3n) is 6.06. The predicted octanol–water partition coefficient (Wildman–Crippen LogP) is 4.45. The average Bonchev–Trinajstić information content (AvgIpc) is 3.59. The summed E-state index contributed by atoms with van der Waals surface area (Å²) in [4.78, 5) is 29.9. The molecular weight excluding hydrogens is 461 g/mol. The Morgan fingerprint density at radius 1 is 1.08 bits per heavy atom. The van der Waals surface area contributed by atoms with E-state index in [1.54, 1.807) is 29.2 Å². The first-order valence-electron chi connectivity index (χ1n) is 11.5. The van der Waals surface area contributed by atoms with Gasteiger partial charge in [0.1, 0.15) is 11.2 Å². The number of nitrogens with zero attached hydrogens (tertiary/aromatic N) is 3. The van der Waals surface area contributed by atoms with Gasteiger partial charge in [0.15, 0.2) is 11.6 Å². The van der Waals surface area contributed by atoms with Crippen LogP contribution in [0.3, 0.4) is 0 Å². The SMILES string of the molecule is Cn1cc(-c2cc(Oc3ccc(NC(=O)C4(C(=O)NCc5ccccc5)CC4)cc3F)ccn2)cn1. The van der Waals surface area contributed by atoms with Crippen LogP contribution in [-0.2, 0) is 23.2 Å². The van der Waals surface area contributed by atoms with Gasteiger partial charge in [0, 0.05) is 49.4 Å². The lowest BCUT2D eigenvalue weighted by Gasteiger charge is -2.16. The van der Waals surface area contributed by atoms with E-state index in [1.807, 2.05) is 43.6 Å². The van der Waals surface area contributed by atoms with E-state index >= 15 is 0 Å². The van der Waals surface area contributed by atoms with Crippen molar-refractivity contribution in [3.05, 3.63) is 90.6 Å². The van der Waals surface area contributed by atoms with Crippen LogP contribution in [0.2, 0.25) is 0 Å². The van der Waals surface area contributed by atoms with E-state index in [9.17, 15) is 14.0 Å². The molecule has 1 aliphatic rings. The molecule has 2 aromatic heterocycles. The minimum absolute atomic E-state index is 0.00178. The first kappa shape index (κ1) is 23.2. The van der Waals surface area contributed by atoms with Crippen molar-refractivity contribution in [3.63, 3.8) is 0 Å². The number of ether oxygens (including phenoxy) is 1. The molecule has 0 aliphatic heterocycles. The van der Waals surface area contributed by atoms with Gasteiger partial charge in [-0.15, -0.1) is 0 Å². The number of benzene rings is 2. The number of nitrogens with one attached hydrogen (secondary N) is 2. The molecule has 1 saturated carbocycles.